The SMILES string of the molecule is COCCCN1C(=O)c2ccc(C(=O)N3CCSc4ccc(Cl)cc43)cc2C1=O. The van der Waals surface area contributed by atoms with Gasteiger partial charge in [-0.05, 0) is 42.8 Å². The van der Waals surface area contributed by atoms with E-state index in [1.165, 1.54) is 11.0 Å². The summed E-state index contributed by atoms with van der Waals surface area (Å²) in [6.45, 7) is 1.30. The zero-order chi connectivity index (χ0) is 20.5. The van der Waals surface area contributed by atoms with Gasteiger partial charge < -0.3 is 9.64 Å². The molecule has 0 aliphatic carbocycles. The molecule has 2 aliphatic heterocycles. The lowest BCUT2D eigenvalue weighted by atomic mass is 10.0. The summed E-state index contributed by atoms with van der Waals surface area (Å²) >= 11 is 7.80. The van der Waals surface area contributed by atoms with Gasteiger partial charge in [-0.25, -0.2) is 0 Å². The van der Waals surface area contributed by atoms with Crippen LogP contribution in [0.25, 0.3) is 0 Å². The predicted molar refractivity (Wildman–Crippen MR) is 112 cm³/mol. The van der Waals surface area contributed by atoms with Gasteiger partial charge in [-0.3, -0.25) is 19.3 Å². The molecule has 150 valence electrons. The fraction of sp³-hybridized carbons (Fsp3) is 0.286. The van der Waals surface area contributed by atoms with Gasteiger partial charge in [0.25, 0.3) is 17.7 Å². The number of amides is 3. The van der Waals surface area contributed by atoms with Crippen molar-refractivity contribution in [3.05, 3.63) is 58.1 Å². The maximum atomic E-state index is 13.2. The zero-order valence-electron chi connectivity index (χ0n) is 15.8. The summed E-state index contributed by atoms with van der Waals surface area (Å²) in [6, 6.07) is 10.2. The molecule has 4 rings (SSSR count). The summed E-state index contributed by atoms with van der Waals surface area (Å²) in [5.74, 6) is -0.134. The molecule has 0 fully saturated rings. The van der Waals surface area contributed by atoms with E-state index < -0.39 is 0 Å². The summed E-state index contributed by atoms with van der Waals surface area (Å²) < 4.78 is 4.99. The number of rotatable bonds is 5. The number of carbonyl (C=O) groups is 3. The number of ether oxygens (including phenoxy) is 1. The Bertz CT molecular complexity index is 1010. The first-order valence-electron chi connectivity index (χ1n) is 9.24. The first kappa shape index (κ1) is 19.9. The number of carbonyl (C=O) groups excluding carboxylic acids is 3. The molecular weight excluding hydrogens is 412 g/mol. The Hall–Kier alpha value is -2.35. The molecule has 0 saturated heterocycles. The molecule has 6 nitrogen and oxygen atoms in total. The molecule has 2 aromatic carbocycles. The average molecular weight is 431 g/mol. The van der Waals surface area contributed by atoms with Crippen molar-refractivity contribution < 1.29 is 19.1 Å². The lowest BCUT2D eigenvalue weighted by Gasteiger charge is -2.29. The Kier molecular flexibility index (Phi) is 5.63. The molecule has 2 aliphatic rings. The van der Waals surface area contributed by atoms with E-state index in [4.69, 9.17) is 16.3 Å². The second-order valence-electron chi connectivity index (χ2n) is 6.79. The molecule has 0 saturated carbocycles. The van der Waals surface area contributed by atoms with Crippen LogP contribution >= 0.6 is 23.4 Å². The Morgan fingerprint density at radius 3 is 2.72 bits per heavy atom. The Morgan fingerprint density at radius 1 is 1.14 bits per heavy atom. The van der Waals surface area contributed by atoms with Crippen LogP contribution in [0.3, 0.4) is 0 Å². The van der Waals surface area contributed by atoms with Crippen molar-refractivity contribution >= 4 is 46.8 Å². The average Bonchev–Trinajstić information content (AvgIpc) is 2.97. The van der Waals surface area contributed by atoms with Gasteiger partial charge in [0.1, 0.15) is 0 Å². The van der Waals surface area contributed by atoms with Crippen LogP contribution in [0.1, 0.15) is 37.5 Å². The highest BCUT2D eigenvalue weighted by Gasteiger charge is 2.36. The minimum Gasteiger partial charge on any atom is -0.385 e. The van der Waals surface area contributed by atoms with Crippen LogP contribution in [0.4, 0.5) is 5.69 Å². The van der Waals surface area contributed by atoms with Crippen molar-refractivity contribution in [2.45, 2.75) is 11.3 Å². The quantitative estimate of drug-likeness (QED) is 0.534. The lowest BCUT2D eigenvalue weighted by molar-refractivity contribution is 0.0638. The minimum absolute atomic E-state index is 0.213. The highest BCUT2D eigenvalue weighted by atomic mass is 35.5. The number of hydrogen-bond acceptors (Lipinski definition) is 5. The van der Waals surface area contributed by atoms with Crippen molar-refractivity contribution in [2.75, 3.05) is 37.5 Å². The standard InChI is InChI=1S/C21H19ClN2O4S/c1-28-9-2-7-24-20(26)15-5-3-13(11-16(15)21(24)27)19(25)23-8-10-29-18-6-4-14(22)12-17(18)23/h3-6,11-12H,2,7-10H2,1H3. The summed E-state index contributed by atoms with van der Waals surface area (Å²) in [5.41, 5.74) is 1.75. The number of fused-ring (bicyclic) bond motifs is 2. The predicted octanol–water partition coefficient (Wildman–Crippen LogP) is 3.73. The van der Waals surface area contributed by atoms with Gasteiger partial charge in [-0.1, -0.05) is 11.6 Å². The van der Waals surface area contributed by atoms with Gasteiger partial charge in [0, 0.05) is 48.0 Å². The van der Waals surface area contributed by atoms with E-state index in [9.17, 15) is 14.4 Å². The van der Waals surface area contributed by atoms with Crippen LogP contribution in [-0.2, 0) is 4.74 Å². The van der Waals surface area contributed by atoms with E-state index in [-0.39, 0.29) is 23.3 Å². The second kappa shape index (κ2) is 8.18. The van der Waals surface area contributed by atoms with Crippen molar-refractivity contribution in [1.29, 1.82) is 0 Å². The molecule has 2 aromatic rings. The lowest BCUT2D eigenvalue weighted by Crippen LogP contribution is -2.35. The normalized spacial score (nSPS) is 15.5. The topological polar surface area (TPSA) is 66.9 Å². The molecule has 0 radical (unpaired) electrons. The van der Waals surface area contributed by atoms with Crippen LogP contribution in [0.2, 0.25) is 5.02 Å². The summed E-state index contributed by atoms with van der Waals surface area (Å²) in [4.78, 5) is 42.3. The largest absolute Gasteiger partial charge is 0.385 e. The first-order valence-corrected chi connectivity index (χ1v) is 10.6. The number of nitrogens with zero attached hydrogens (tertiary/aromatic N) is 2. The Labute approximate surface area is 177 Å². The molecule has 0 aromatic heterocycles. The molecule has 0 atom stereocenters. The summed E-state index contributed by atoms with van der Waals surface area (Å²) in [5, 5.41) is 0.561. The van der Waals surface area contributed by atoms with Gasteiger partial charge in [-0.2, -0.15) is 0 Å². The number of imide groups is 1. The number of hydrogen-bond donors (Lipinski definition) is 0. The zero-order valence-corrected chi connectivity index (χ0v) is 17.4. The maximum absolute atomic E-state index is 13.2. The third-order valence-corrected chi connectivity index (χ3v) is 6.26. The fourth-order valence-corrected chi connectivity index (χ4v) is 4.69. The number of thioether (sulfide) groups is 1. The third-order valence-electron chi connectivity index (χ3n) is 4.98. The maximum Gasteiger partial charge on any atom is 0.261 e. The van der Waals surface area contributed by atoms with E-state index in [0.29, 0.717) is 42.3 Å². The van der Waals surface area contributed by atoms with Gasteiger partial charge in [-0.15, -0.1) is 11.8 Å². The molecular formula is C21H19ClN2O4S. The molecule has 2 heterocycles. The van der Waals surface area contributed by atoms with Crippen molar-refractivity contribution in [3.63, 3.8) is 0 Å². The van der Waals surface area contributed by atoms with E-state index in [0.717, 1.165) is 16.3 Å². The van der Waals surface area contributed by atoms with Crippen LogP contribution in [0.15, 0.2) is 41.3 Å². The van der Waals surface area contributed by atoms with E-state index in [1.807, 2.05) is 6.07 Å². The molecule has 0 bridgehead atoms. The van der Waals surface area contributed by atoms with Crippen LogP contribution in [0, 0.1) is 0 Å². The van der Waals surface area contributed by atoms with Gasteiger partial charge in [0.15, 0.2) is 0 Å². The molecule has 0 N–H and O–H groups in total. The molecule has 3 amide bonds. The van der Waals surface area contributed by atoms with E-state index in [1.54, 1.807) is 48.0 Å². The smallest absolute Gasteiger partial charge is 0.261 e. The molecule has 8 heteroatoms. The van der Waals surface area contributed by atoms with E-state index >= 15 is 0 Å². The van der Waals surface area contributed by atoms with Gasteiger partial charge in [0.2, 0.25) is 0 Å². The van der Waals surface area contributed by atoms with Crippen LogP contribution in [-0.4, -0.2) is 55.2 Å². The molecule has 0 spiro atoms. The monoisotopic (exact) mass is 430 g/mol. The molecule has 29 heavy (non-hydrogen) atoms. The second-order valence-corrected chi connectivity index (χ2v) is 8.36. The van der Waals surface area contributed by atoms with Crippen LogP contribution in [0.5, 0.6) is 0 Å². The Morgan fingerprint density at radius 2 is 1.93 bits per heavy atom. The highest BCUT2D eigenvalue weighted by molar-refractivity contribution is 7.99. The number of anilines is 1. The minimum atomic E-state index is -0.367. The van der Waals surface area contributed by atoms with Crippen molar-refractivity contribution in [2.24, 2.45) is 0 Å². The third kappa shape index (κ3) is 3.66. The van der Waals surface area contributed by atoms with Gasteiger partial charge >= 0.3 is 0 Å². The van der Waals surface area contributed by atoms with Crippen LogP contribution < -0.4 is 4.90 Å². The molecule has 0 unspecified atom stereocenters. The number of benzene rings is 2. The van der Waals surface area contributed by atoms with Gasteiger partial charge in [0.05, 0.1) is 16.8 Å². The van der Waals surface area contributed by atoms with E-state index in [2.05, 4.69) is 0 Å². The fourth-order valence-electron chi connectivity index (χ4n) is 3.55. The van der Waals surface area contributed by atoms with Crippen molar-refractivity contribution in [3.8, 4) is 0 Å². The first-order chi connectivity index (χ1) is 14.0. The highest BCUT2D eigenvalue weighted by Crippen LogP contribution is 2.37. The van der Waals surface area contributed by atoms with Crippen molar-refractivity contribution in [1.82, 2.24) is 4.90 Å². The summed E-state index contributed by atoms with van der Waals surface area (Å²) in [7, 11) is 1.57. The number of methoxy groups -OCH3 is 1. The summed E-state index contributed by atoms with van der Waals surface area (Å²) in [6.07, 6.45) is 0.566. The Balaban J connectivity index is 1.62. The number of halogens is 1.